The molecule has 0 aliphatic carbocycles. The van der Waals surface area contributed by atoms with Crippen molar-refractivity contribution in [3.8, 4) is 0 Å². The standard InChI is InChI=1S/C20H15BrN2O2/c21-17-11-4-5-12-18(17)23-20(25)15-9-6-10-16(13-15)22-19(24)14-7-2-1-3-8-14/h1-13H,(H,22,24)(H,23,25). The number of hydrogen-bond donors (Lipinski definition) is 2. The Hall–Kier alpha value is -2.92. The van der Waals surface area contributed by atoms with E-state index in [-0.39, 0.29) is 11.8 Å². The lowest BCUT2D eigenvalue weighted by atomic mass is 10.1. The van der Waals surface area contributed by atoms with Gasteiger partial charge in [0.25, 0.3) is 11.8 Å². The van der Waals surface area contributed by atoms with Crippen LogP contribution in [-0.4, -0.2) is 11.8 Å². The third-order valence-electron chi connectivity index (χ3n) is 3.54. The molecule has 0 bridgehead atoms. The highest BCUT2D eigenvalue weighted by Crippen LogP contribution is 2.22. The van der Waals surface area contributed by atoms with Gasteiger partial charge in [-0.3, -0.25) is 9.59 Å². The van der Waals surface area contributed by atoms with Crippen LogP contribution in [0.1, 0.15) is 20.7 Å². The molecule has 2 N–H and O–H groups in total. The number of halogens is 1. The highest BCUT2D eigenvalue weighted by molar-refractivity contribution is 9.10. The van der Waals surface area contributed by atoms with E-state index < -0.39 is 0 Å². The first-order valence-electron chi connectivity index (χ1n) is 7.66. The van der Waals surface area contributed by atoms with Crippen LogP contribution in [0.25, 0.3) is 0 Å². The first-order valence-corrected chi connectivity index (χ1v) is 8.45. The third-order valence-corrected chi connectivity index (χ3v) is 4.23. The second kappa shape index (κ2) is 7.77. The number of hydrogen-bond acceptors (Lipinski definition) is 2. The molecule has 3 rings (SSSR count). The molecule has 3 aromatic rings. The summed E-state index contributed by atoms with van der Waals surface area (Å²) in [5, 5.41) is 5.64. The number of amides is 2. The molecule has 0 fully saturated rings. The number of carbonyl (C=O) groups excluding carboxylic acids is 2. The van der Waals surface area contributed by atoms with E-state index in [1.165, 1.54) is 0 Å². The molecule has 0 spiro atoms. The molecule has 2 amide bonds. The first kappa shape index (κ1) is 16.9. The molecule has 0 atom stereocenters. The average Bonchev–Trinajstić information content (AvgIpc) is 2.64. The predicted molar refractivity (Wildman–Crippen MR) is 103 cm³/mol. The van der Waals surface area contributed by atoms with E-state index in [9.17, 15) is 9.59 Å². The van der Waals surface area contributed by atoms with Gasteiger partial charge in [-0.25, -0.2) is 0 Å². The fourth-order valence-electron chi connectivity index (χ4n) is 2.29. The summed E-state index contributed by atoms with van der Waals surface area (Å²) in [7, 11) is 0. The zero-order valence-corrected chi connectivity index (χ0v) is 14.8. The van der Waals surface area contributed by atoms with Crippen molar-refractivity contribution >= 4 is 39.1 Å². The van der Waals surface area contributed by atoms with Gasteiger partial charge in [-0.05, 0) is 58.4 Å². The van der Waals surface area contributed by atoms with Crippen LogP contribution >= 0.6 is 15.9 Å². The van der Waals surface area contributed by atoms with E-state index >= 15 is 0 Å². The van der Waals surface area contributed by atoms with Crippen molar-refractivity contribution in [3.63, 3.8) is 0 Å². The summed E-state index contributed by atoms with van der Waals surface area (Å²) in [6, 6.07) is 23.1. The van der Waals surface area contributed by atoms with Crippen molar-refractivity contribution in [2.75, 3.05) is 10.6 Å². The summed E-state index contributed by atoms with van der Waals surface area (Å²) in [6.45, 7) is 0. The lowest BCUT2D eigenvalue weighted by molar-refractivity contribution is 0.101. The van der Waals surface area contributed by atoms with E-state index in [0.717, 1.165) is 4.47 Å². The van der Waals surface area contributed by atoms with Crippen LogP contribution < -0.4 is 10.6 Å². The minimum Gasteiger partial charge on any atom is -0.322 e. The molecule has 25 heavy (non-hydrogen) atoms. The molecule has 0 radical (unpaired) electrons. The van der Waals surface area contributed by atoms with Crippen LogP contribution in [0.5, 0.6) is 0 Å². The molecule has 0 aromatic heterocycles. The van der Waals surface area contributed by atoms with Gasteiger partial charge in [-0.1, -0.05) is 36.4 Å². The van der Waals surface area contributed by atoms with Crippen LogP contribution in [0.3, 0.4) is 0 Å². The number of para-hydroxylation sites is 1. The summed E-state index contributed by atoms with van der Waals surface area (Å²) in [5.74, 6) is -0.466. The number of rotatable bonds is 4. The Balaban J connectivity index is 1.74. The molecular weight excluding hydrogens is 380 g/mol. The smallest absolute Gasteiger partial charge is 0.255 e. The summed E-state index contributed by atoms with van der Waals surface area (Å²) in [5.41, 5.74) is 2.27. The molecule has 0 aliphatic rings. The van der Waals surface area contributed by atoms with E-state index in [1.54, 1.807) is 48.5 Å². The molecular formula is C20H15BrN2O2. The summed E-state index contributed by atoms with van der Waals surface area (Å²) in [4.78, 5) is 24.6. The van der Waals surface area contributed by atoms with Crippen LogP contribution in [-0.2, 0) is 0 Å². The minimum atomic E-state index is -0.247. The molecule has 0 saturated heterocycles. The molecule has 0 aliphatic heterocycles. The van der Waals surface area contributed by atoms with Crippen molar-refractivity contribution in [3.05, 3.63) is 94.5 Å². The van der Waals surface area contributed by atoms with Crippen LogP contribution in [0, 0.1) is 0 Å². The maximum atomic E-state index is 12.4. The van der Waals surface area contributed by atoms with Gasteiger partial charge < -0.3 is 10.6 Å². The van der Waals surface area contributed by atoms with Crippen molar-refractivity contribution in [1.29, 1.82) is 0 Å². The second-order valence-corrected chi connectivity index (χ2v) is 6.19. The molecule has 0 saturated carbocycles. The van der Waals surface area contributed by atoms with Gasteiger partial charge in [0.2, 0.25) is 0 Å². The van der Waals surface area contributed by atoms with Gasteiger partial charge in [0.05, 0.1) is 5.69 Å². The van der Waals surface area contributed by atoms with Gasteiger partial charge in [0, 0.05) is 21.3 Å². The van der Waals surface area contributed by atoms with Gasteiger partial charge >= 0.3 is 0 Å². The zero-order valence-electron chi connectivity index (χ0n) is 13.2. The summed E-state index contributed by atoms with van der Waals surface area (Å²) >= 11 is 3.40. The maximum absolute atomic E-state index is 12.4. The number of benzene rings is 3. The maximum Gasteiger partial charge on any atom is 0.255 e. The molecule has 4 nitrogen and oxygen atoms in total. The van der Waals surface area contributed by atoms with E-state index in [0.29, 0.717) is 22.5 Å². The predicted octanol–water partition coefficient (Wildman–Crippen LogP) is 4.95. The minimum absolute atomic E-state index is 0.219. The van der Waals surface area contributed by atoms with Crippen LogP contribution in [0.2, 0.25) is 0 Å². The monoisotopic (exact) mass is 394 g/mol. The molecule has 0 heterocycles. The van der Waals surface area contributed by atoms with Crippen molar-refractivity contribution in [2.24, 2.45) is 0 Å². The van der Waals surface area contributed by atoms with Gasteiger partial charge in [0.15, 0.2) is 0 Å². The topological polar surface area (TPSA) is 58.2 Å². The van der Waals surface area contributed by atoms with Gasteiger partial charge in [-0.15, -0.1) is 0 Å². The molecule has 3 aromatic carbocycles. The number of anilines is 2. The van der Waals surface area contributed by atoms with E-state index in [4.69, 9.17) is 0 Å². The Labute approximate surface area is 154 Å². The highest BCUT2D eigenvalue weighted by atomic mass is 79.9. The van der Waals surface area contributed by atoms with Crippen molar-refractivity contribution in [1.82, 2.24) is 0 Å². The normalized spacial score (nSPS) is 10.1. The van der Waals surface area contributed by atoms with E-state index in [2.05, 4.69) is 26.6 Å². The van der Waals surface area contributed by atoms with Gasteiger partial charge in [-0.2, -0.15) is 0 Å². The Morgan fingerprint density at radius 1 is 0.680 bits per heavy atom. The average molecular weight is 395 g/mol. The fourth-order valence-corrected chi connectivity index (χ4v) is 2.67. The quantitative estimate of drug-likeness (QED) is 0.657. The van der Waals surface area contributed by atoms with Crippen LogP contribution in [0.4, 0.5) is 11.4 Å². The Kier molecular flexibility index (Phi) is 5.26. The largest absolute Gasteiger partial charge is 0.322 e. The van der Waals surface area contributed by atoms with Crippen molar-refractivity contribution in [2.45, 2.75) is 0 Å². The Morgan fingerprint density at radius 3 is 2.08 bits per heavy atom. The van der Waals surface area contributed by atoms with Crippen LogP contribution in [0.15, 0.2) is 83.3 Å². The molecule has 5 heteroatoms. The van der Waals surface area contributed by atoms with Gasteiger partial charge in [0.1, 0.15) is 0 Å². The summed E-state index contributed by atoms with van der Waals surface area (Å²) < 4.78 is 0.803. The fraction of sp³-hybridized carbons (Fsp3) is 0. The Morgan fingerprint density at radius 2 is 1.32 bits per heavy atom. The third kappa shape index (κ3) is 4.33. The van der Waals surface area contributed by atoms with Crippen molar-refractivity contribution < 1.29 is 9.59 Å². The molecule has 0 unspecified atom stereocenters. The highest BCUT2D eigenvalue weighted by Gasteiger charge is 2.10. The Bertz CT molecular complexity index is 910. The second-order valence-electron chi connectivity index (χ2n) is 5.33. The SMILES string of the molecule is O=C(Nc1cccc(C(=O)Nc2ccccc2Br)c1)c1ccccc1. The summed E-state index contributed by atoms with van der Waals surface area (Å²) in [6.07, 6.45) is 0. The van der Waals surface area contributed by atoms with E-state index in [1.807, 2.05) is 30.3 Å². The number of nitrogens with one attached hydrogen (secondary N) is 2. The zero-order chi connectivity index (χ0) is 17.6. The first-order chi connectivity index (χ1) is 12.1. The molecule has 124 valence electrons. The lowest BCUT2D eigenvalue weighted by Gasteiger charge is -2.09. The lowest BCUT2D eigenvalue weighted by Crippen LogP contribution is -2.14. The number of carbonyl (C=O) groups is 2.